The lowest BCUT2D eigenvalue weighted by Gasteiger charge is -2.15. The van der Waals surface area contributed by atoms with Crippen molar-refractivity contribution in [2.24, 2.45) is 5.73 Å². The first-order valence-corrected chi connectivity index (χ1v) is 10.5. The third-order valence-corrected chi connectivity index (χ3v) is 5.87. The monoisotopic (exact) mass is 449 g/mol. The Labute approximate surface area is 188 Å². The normalized spacial score (nSPS) is 13.3. The highest BCUT2D eigenvalue weighted by Gasteiger charge is 2.31. The number of anilines is 1. The summed E-state index contributed by atoms with van der Waals surface area (Å²) >= 11 is 0. The van der Waals surface area contributed by atoms with Crippen molar-refractivity contribution >= 4 is 17.2 Å². The zero-order chi connectivity index (χ0) is 23.3. The number of imidazole rings is 1. The number of ether oxygens (including phenoxy) is 1. The summed E-state index contributed by atoms with van der Waals surface area (Å²) < 4.78 is 34.3. The number of primary amides is 1. The van der Waals surface area contributed by atoms with Gasteiger partial charge in [0.15, 0.2) is 17.3 Å². The topological polar surface area (TPSA) is 94.5 Å². The largest absolute Gasteiger partial charge is 0.437 e. The fraction of sp³-hybridized carbons (Fsp3) is 0.208. The lowest BCUT2D eigenvalue weighted by atomic mass is 9.92. The molecule has 0 radical (unpaired) electrons. The number of nitrogens with zero attached hydrogens (tertiary/aromatic N) is 3. The minimum atomic E-state index is -1.01. The zero-order valence-electron chi connectivity index (χ0n) is 18.0. The Bertz CT molecular complexity index is 1410. The maximum atomic E-state index is 13.6. The maximum absolute atomic E-state index is 13.6. The Morgan fingerprint density at radius 2 is 1.97 bits per heavy atom. The second-order valence-corrected chi connectivity index (χ2v) is 8.04. The Morgan fingerprint density at radius 3 is 2.64 bits per heavy atom. The third-order valence-electron chi connectivity index (χ3n) is 5.87. The molecule has 33 heavy (non-hydrogen) atoms. The minimum Gasteiger partial charge on any atom is -0.437 e. The summed E-state index contributed by atoms with van der Waals surface area (Å²) in [6.07, 6.45) is 3.79. The first kappa shape index (κ1) is 20.9. The van der Waals surface area contributed by atoms with Crippen LogP contribution in [-0.4, -0.2) is 27.6 Å². The molecule has 0 atom stereocenters. The number of fused-ring (bicyclic) bond motifs is 1. The average molecular weight is 449 g/mol. The number of carbonyl (C=O) groups excluding carboxylic acids is 1. The number of rotatable bonds is 6. The number of amides is 1. The van der Waals surface area contributed by atoms with Gasteiger partial charge in [-0.15, -0.1) is 5.10 Å². The number of halogens is 2. The second kappa shape index (κ2) is 7.84. The molecule has 5 rings (SSSR count). The van der Waals surface area contributed by atoms with Crippen LogP contribution in [-0.2, 0) is 0 Å². The fourth-order valence-electron chi connectivity index (χ4n) is 4.14. The molecule has 2 aromatic carbocycles. The number of aromatic nitrogens is 3. The van der Waals surface area contributed by atoms with E-state index >= 15 is 0 Å². The Kier molecular flexibility index (Phi) is 4.96. The smallest absolute Gasteiger partial charge is 0.248 e. The number of hydrogen-bond donors (Lipinski definition) is 2. The molecule has 1 aliphatic carbocycles. The lowest BCUT2D eigenvalue weighted by Crippen LogP contribution is -2.14. The van der Waals surface area contributed by atoms with Crippen molar-refractivity contribution in [2.75, 3.05) is 12.4 Å². The van der Waals surface area contributed by atoms with Crippen LogP contribution in [0.25, 0.3) is 16.9 Å². The summed E-state index contributed by atoms with van der Waals surface area (Å²) in [5.74, 6) is -1.79. The van der Waals surface area contributed by atoms with Crippen molar-refractivity contribution < 1.29 is 18.3 Å². The molecule has 1 saturated carbocycles. The van der Waals surface area contributed by atoms with Gasteiger partial charge in [-0.1, -0.05) is 6.07 Å². The number of carbonyl (C=O) groups is 1. The number of nitrogens with two attached hydrogens (primary N) is 1. The van der Waals surface area contributed by atoms with E-state index in [1.54, 1.807) is 29.9 Å². The number of nitrogens with one attached hydrogen (secondary N) is 1. The first-order chi connectivity index (χ1) is 15.9. The molecule has 9 heteroatoms. The molecule has 0 unspecified atom stereocenters. The molecular weight excluding hydrogens is 428 g/mol. The van der Waals surface area contributed by atoms with Crippen molar-refractivity contribution in [3.8, 4) is 22.9 Å². The highest BCUT2D eigenvalue weighted by atomic mass is 19.2. The van der Waals surface area contributed by atoms with Gasteiger partial charge in [-0.2, -0.15) is 0 Å². The van der Waals surface area contributed by atoms with Gasteiger partial charge >= 0.3 is 0 Å². The SMILES string of the molecule is CNc1cc(Oc2ccc(F)c(F)c2)nn2c(-c3ccc(C(N)=O)c(C)c3C3CC3)cnc12. The minimum absolute atomic E-state index is 0.116. The van der Waals surface area contributed by atoms with Gasteiger partial charge in [0.1, 0.15) is 5.75 Å². The van der Waals surface area contributed by atoms with Gasteiger partial charge in [0.2, 0.25) is 11.8 Å². The van der Waals surface area contributed by atoms with E-state index < -0.39 is 17.5 Å². The van der Waals surface area contributed by atoms with Crippen LogP contribution >= 0.6 is 0 Å². The van der Waals surface area contributed by atoms with Crippen molar-refractivity contribution in [3.05, 3.63) is 70.9 Å². The van der Waals surface area contributed by atoms with Gasteiger partial charge < -0.3 is 15.8 Å². The van der Waals surface area contributed by atoms with Crippen LogP contribution in [0.3, 0.4) is 0 Å². The zero-order valence-corrected chi connectivity index (χ0v) is 18.0. The summed E-state index contributed by atoms with van der Waals surface area (Å²) in [4.78, 5) is 16.4. The van der Waals surface area contributed by atoms with Crippen LogP contribution in [0.15, 0.2) is 42.6 Å². The van der Waals surface area contributed by atoms with Crippen molar-refractivity contribution in [3.63, 3.8) is 0 Å². The summed E-state index contributed by atoms with van der Waals surface area (Å²) in [6.45, 7) is 1.91. The van der Waals surface area contributed by atoms with Gasteiger partial charge in [-0.3, -0.25) is 4.79 Å². The molecular formula is C24H21F2N5O2. The molecule has 3 N–H and O–H groups in total. The lowest BCUT2D eigenvalue weighted by molar-refractivity contribution is 0.0999. The van der Waals surface area contributed by atoms with E-state index in [9.17, 15) is 13.6 Å². The molecule has 0 aliphatic heterocycles. The summed E-state index contributed by atoms with van der Waals surface area (Å²) in [5, 5.41) is 7.63. The summed E-state index contributed by atoms with van der Waals surface area (Å²) in [7, 11) is 1.74. The van der Waals surface area contributed by atoms with E-state index in [1.165, 1.54) is 6.07 Å². The molecule has 1 fully saturated rings. The summed E-state index contributed by atoms with van der Waals surface area (Å²) in [6, 6.07) is 8.51. The van der Waals surface area contributed by atoms with Crippen LogP contribution < -0.4 is 15.8 Å². The molecule has 0 spiro atoms. The van der Waals surface area contributed by atoms with Crippen LogP contribution in [0.1, 0.15) is 40.2 Å². The maximum Gasteiger partial charge on any atom is 0.248 e. The van der Waals surface area contributed by atoms with Gasteiger partial charge in [-0.05, 0) is 55.0 Å². The van der Waals surface area contributed by atoms with E-state index in [-0.39, 0.29) is 11.6 Å². The Hall–Kier alpha value is -4.01. The van der Waals surface area contributed by atoms with Crippen molar-refractivity contribution in [2.45, 2.75) is 25.7 Å². The van der Waals surface area contributed by atoms with Crippen molar-refractivity contribution in [1.82, 2.24) is 14.6 Å². The van der Waals surface area contributed by atoms with E-state index in [0.29, 0.717) is 22.8 Å². The molecule has 1 amide bonds. The molecule has 1 aliphatic rings. The van der Waals surface area contributed by atoms with Gasteiger partial charge in [0.05, 0.1) is 17.6 Å². The molecule has 4 aromatic rings. The van der Waals surface area contributed by atoms with Crippen molar-refractivity contribution in [1.29, 1.82) is 0 Å². The Morgan fingerprint density at radius 1 is 1.18 bits per heavy atom. The van der Waals surface area contributed by atoms with E-state index in [4.69, 9.17) is 10.5 Å². The quantitative estimate of drug-likeness (QED) is 0.441. The van der Waals surface area contributed by atoms with Crippen LogP contribution in [0.4, 0.5) is 14.5 Å². The third kappa shape index (κ3) is 3.65. The predicted molar refractivity (Wildman–Crippen MR) is 120 cm³/mol. The van der Waals surface area contributed by atoms with Gasteiger partial charge in [0, 0.05) is 30.3 Å². The van der Waals surface area contributed by atoms with Gasteiger partial charge in [0.25, 0.3) is 0 Å². The molecule has 2 aromatic heterocycles. The molecule has 168 valence electrons. The summed E-state index contributed by atoms with van der Waals surface area (Å²) in [5.41, 5.74) is 10.8. The van der Waals surface area contributed by atoms with Crippen LogP contribution in [0.5, 0.6) is 11.6 Å². The highest BCUT2D eigenvalue weighted by molar-refractivity contribution is 5.95. The Balaban J connectivity index is 1.66. The molecule has 2 heterocycles. The van der Waals surface area contributed by atoms with Gasteiger partial charge in [-0.25, -0.2) is 18.3 Å². The van der Waals surface area contributed by atoms with Crippen LogP contribution in [0, 0.1) is 18.6 Å². The highest BCUT2D eigenvalue weighted by Crippen LogP contribution is 2.47. The van der Waals surface area contributed by atoms with E-state index in [2.05, 4.69) is 15.4 Å². The van der Waals surface area contributed by atoms with E-state index in [1.807, 2.05) is 13.0 Å². The number of benzene rings is 2. The van der Waals surface area contributed by atoms with Crippen LogP contribution in [0.2, 0.25) is 0 Å². The second-order valence-electron chi connectivity index (χ2n) is 8.04. The fourth-order valence-corrected chi connectivity index (χ4v) is 4.14. The molecule has 0 saturated heterocycles. The molecule has 7 nitrogen and oxygen atoms in total. The standard InChI is InChI=1S/C24H21F2N5O2/c1-12-15(23(27)32)6-7-16(22(12)13-3-4-13)20-11-29-24-19(28-2)10-21(30-31(20)24)33-14-5-8-17(25)18(26)9-14/h5-11,13,28H,3-4H2,1-2H3,(H2,27,32). The average Bonchev–Trinajstić information content (AvgIpc) is 3.53. The number of hydrogen-bond acceptors (Lipinski definition) is 5. The molecule has 0 bridgehead atoms. The predicted octanol–water partition coefficient (Wildman–Crippen LogP) is 4.79. The van der Waals surface area contributed by atoms with E-state index in [0.717, 1.165) is 47.4 Å². The first-order valence-electron chi connectivity index (χ1n) is 10.5.